The highest BCUT2D eigenvalue weighted by Crippen LogP contribution is 2.28. The van der Waals surface area contributed by atoms with Crippen molar-refractivity contribution in [2.45, 2.75) is 34.6 Å². The summed E-state index contributed by atoms with van der Waals surface area (Å²) in [6.45, 7) is 12.2. The average molecular weight is 375 g/mol. The topological polar surface area (TPSA) is 33.2 Å². The zero-order valence-corrected chi connectivity index (χ0v) is 17.6. The Bertz CT molecular complexity index is 965. The first-order valence-electron chi connectivity index (χ1n) is 10.1. The molecule has 3 heteroatoms. The molecule has 3 aromatic rings. The van der Waals surface area contributed by atoms with Gasteiger partial charge in [-0.3, -0.25) is 4.79 Å². The average Bonchev–Trinajstić information content (AvgIpc) is 2.65. The molecule has 28 heavy (non-hydrogen) atoms. The van der Waals surface area contributed by atoms with E-state index in [0.29, 0.717) is 11.8 Å². The number of rotatable bonds is 6. The molecule has 0 aliphatic carbocycles. The molecule has 0 N–H and O–H groups in total. The first-order valence-corrected chi connectivity index (χ1v) is 10.1. The Morgan fingerprint density at radius 3 is 2.18 bits per heavy atom. The molecule has 0 fully saturated rings. The van der Waals surface area contributed by atoms with Crippen LogP contribution in [0.5, 0.6) is 0 Å². The second-order valence-corrected chi connectivity index (χ2v) is 8.38. The highest BCUT2D eigenvalue weighted by atomic mass is 16.2. The first-order chi connectivity index (χ1) is 13.4. The largest absolute Gasteiger partial charge is 0.338 e. The minimum atomic E-state index is 0.0934. The van der Waals surface area contributed by atoms with Crippen LogP contribution in [0.1, 0.15) is 43.6 Å². The summed E-state index contributed by atoms with van der Waals surface area (Å²) in [7, 11) is 0. The van der Waals surface area contributed by atoms with E-state index in [2.05, 4.69) is 46.8 Å². The van der Waals surface area contributed by atoms with Gasteiger partial charge in [-0.25, -0.2) is 4.98 Å². The van der Waals surface area contributed by atoms with Gasteiger partial charge in [0.15, 0.2) is 0 Å². The van der Waals surface area contributed by atoms with Gasteiger partial charge in [0.1, 0.15) is 0 Å². The first kappa shape index (κ1) is 20.1. The van der Waals surface area contributed by atoms with E-state index in [1.807, 2.05) is 47.4 Å². The summed E-state index contributed by atoms with van der Waals surface area (Å²) >= 11 is 0. The number of aromatic nitrogens is 1. The minimum Gasteiger partial charge on any atom is -0.338 e. The van der Waals surface area contributed by atoms with Crippen LogP contribution in [0, 0.1) is 18.8 Å². The van der Waals surface area contributed by atoms with Crippen LogP contribution in [0.25, 0.3) is 22.2 Å². The van der Waals surface area contributed by atoms with Gasteiger partial charge in [-0.15, -0.1) is 0 Å². The summed E-state index contributed by atoms with van der Waals surface area (Å²) in [4.78, 5) is 20.5. The van der Waals surface area contributed by atoms with Crippen molar-refractivity contribution in [3.63, 3.8) is 0 Å². The second-order valence-electron chi connectivity index (χ2n) is 8.38. The lowest BCUT2D eigenvalue weighted by Crippen LogP contribution is -2.37. The number of aryl methyl sites for hydroxylation is 1. The number of hydrogen-bond donors (Lipinski definition) is 0. The van der Waals surface area contributed by atoms with Gasteiger partial charge < -0.3 is 4.90 Å². The van der Waals surface area contributed by atoms with Crippen LogP contribution in [0.3, 0.4) is 0 Å². The highest BCUT2D eigenvalue weighted by Gasteiger charge is 2.21. The van der Waals surface area contributed by atoms with E-state index in [4.69, 9.17) is 4.98 Å². The van der Waals surface area contributed by atoms with E-state index in [-0.39, 0.29) is 5.91 Å². The molecule has 3 nitrogen and oxygen atoms in total. The summed E-state index contributed by atoms with van der Waals surface area (Å²) in [6, 6.07) is 18.1. The number of carbonyl (C=O) groups is 1. The highest BCUT2D eigenvalue weighted by molar-refractivity contribution is 6.07. The van der Waals surface area contributed by atoms with Crippen molar-refractivity contribution < 1.29 is 4.79 Å². The van der Waals surface area contributed by atoms with Crippen molar-refractivity contribution in [1.82, 2.24) is 9.88 Å². The number of para-hydroxylation sites is 1. The van der Waals surface area contributed by atoms with Crippen molar-refractivity contribution in [2.24, 2.45) is 11.8 Å². The number of fused-ring (bicyclic) bond motifs is 1. The number of hydrogen-bond acceptors (Lipinski definition) is 2. The van der Waals surface area contributed by atoms with Gasteiger partial charge in [-0.1, -0.05) is 70.2 Å². The number of nitrogens with zero attached hydrogens (tertiary/aromatic N) is 2. The molecule has 2 aromatic carbocycles. The van der Waals surface area contributed by atoms with E-state index in [0.717, 1.165) is 46.4 Å². The van der Waals surface area contributed by atoms with Crippen LogP contribution < -0.4 is 0 Å². The molecule has 0 spiro atoms. The monoisotopic (exact) mass is 374 g/mol. The van der Waals surface area contributed by atoms with Crippen molar-refractivity contribution in [3.8, 4) is 11.3 Å². The van der Waals surface area contributed by atoms with Crippen molar-refractivity contribution >= 4 is 16.8 Å². The third-order valence-corrected chi connectivity index (χ3v) is 4.83. The maximum atomic E-state index is 13.6. The summed E-state index contributed by atoms with van der Waals surface area (Å²) in [5.74, 6) is 0.939. The molecular formula is C25H30N2O. The van der Waals surface area contributed by atoms with Gasteiger partial charge in [0, 0.05) is 24.0 Å². The lowest BCUT2D eigenvalue weighted by atomic mass is 10.00. The van der Waals surface area contributed by atoms with Gasteiger partial charge in [-0.2, -0.15) is 0 Å². The number of benzene rings is 2. The summed E-state index contributed by atoms with van der Waals surface area (Å²) in [6.07, 6.45) is 0. The quantitative estimate of drug-likeness (QED) is 0.533. The van der Waals surface area contributed by atoms with Crippen molar-refractivity contribution in [1.29, 1.82) is 0 Å². The Kier molecular flexibility index (Phi) is 6.13. The second kappa shape index (κ2) is 8.55. The molecule has 0 saturated carbocycles. The zero-order valence-electron chi connectivity index (χ0n) is 17.6. The Hall–Kier alpha value is -2.68. The number of pyridine rings is 1. The van der Waals surface area contributed by atoms with Crippen LogP contribution >= 0.6 is 0 Å². The van der Waals surface area contributed by atoms with Crippen LogP contribution in [-0.4, -0.2) is 28.9 Å². The van der Waals surface area contributed by atoms with Gasteiger partial charge in [0.2, 0.25) is 0 Å². The minimum absolute atomic E-state index is 0.0934. The molecule has 1 aromatic heterocycles. The van der Waals surface area contributed by atoms with Gasteiger partial charge >= 0.3 is 0 Å². The Morgan fingerprint density at radius 2 is 1.54 bits per heavy atom. The molecule has 0 bridgehead atoms. The molecular weight excluding hydrogens is 344 g/mol. The fraction of sp³-hybridized carbons (Fsp3) is 0.360. The van der Waals surface area contributed by atoms with E-state index in [1.165, 1.54) is 0 Å². The summed E-state index contributed by atoms with van der Waals surface area (Å²) in [5.41, 5.74) is 4.69. The zero-order chi connectivity index (χ0) is 20.3. The summed E-state index contributed by atoms with van der Waals surface area (Å²) < 4.78 is 0. The van der Waals surface area contributed by atoms with E-state index in [9.17, 15) is 4.79 Å². The normalized spacial score (nSPS) is 11.4. The van der Waals surface area contributed by atoms with Gasteiger partial charge in [0.05, 0.1) is 16.8 Å². The third kappa shape index (κ3) is 4.41. The number of carbonyl (C=O) groups excluding carboxylic acids is 1. The van der Waals surface area contributed by atoms with E-state index < -0.39 is 0 Å². The molecule has 0 saturated heterocycles. The molecule has 0 radical (unpaired) electrons. The van der Waals surface area contributed by atoms with Crippen LogP contribution in [-0.2, 0) is 0 Å². The maximum Gasteiger partial charge on any atom is 0.254 e. The lowest BCUT2D eigenvalue weighted by Gasteiger charge is -2.27. The predicted octanol–water partition coefficient (Wildman–Crippen LogP) is 5.96. The maximum absolute atomic E-state index is 13.6. The van der Waals surface area contributed by atoms with Crippen molar-refractivity contribution in [2.75, 3.05) is 13.1 Å². The molecule has 1 amide bonds. The fourth-order valence-electron chi connectivity index (χ4n) is 3.64. The van der Waals surface area contributed by atoms with Crippen molar-refractivity contribution in [3.05, 3.63) is 65.7 Å². The molecule has 0 aliphatic rings. The molecule has 1 heterocycles. The molecule has 3 rings (SSSR count). The Balaban J connectivity index is 2.15. The smallest absolute Gasteiger partial charge is 0.254 e. The van der Waals surface area contributed by atoms with E-state index >= 15 is 0 Å². The van der Waals surface area contributed by atoms with Gasteiger partial charge in [0.25, 0.3) is 5.91 Å². The SMILES string of the molecule is Cc1ccccc1-c1cc(C(=O)N(CC(C)C)CC(C)C)c2ccccc2n1. The van der Waals surface area contributed by atoms with E-state index in [1.54, 1.807) is 0 Å². The number of amides is 1. The standard InChI is InChI=1S/C25H30N2O/c1-17(2)15-27(16-18(3)4)25(28)22-14-24(20-11-7-6-10-19(20)5)26-23-13-9-8-12-21(22)23/h6-14,17-18H,15-16H2,1-5H3. The predicted molar refractivity (Wildman–Crippen MR) is 117 cm³/mol. The Morgan fingerprint density at radius 1 is 0.929 bits per heavy atom. The third-order valence-electron chi connectivity index (χ3n) is 4.83. The molecule has 0 atom stereocenters. The lowest BCUT2D eigenvalue weighted by molar-refractivity contribution is 0.0717. The van der Waals surface area contributed by atoms with Crippen LogP contribution in [0.2, 0.25) is 0 Å². The fourth-order valence-corrected chi connectivity index (χ4v) is 3.64. The van der Waals surface area contributed by atoms with Crippen LogP contribution in [0.15, 0.2) is 54.6 Å². The summed E-state index contributed by atoms with van der Waals surface area (Å²) in [5, 5.41) is 0.919. The van der Waals surface area contributed by atoms with Crippen LogP contribution in [0.4, 0.5) is 0 Å². The molecule has 0 aliphatic heterocycles. The van der Waals surface area contributed by atoms with Gasteiger partial charge in [-0.05, 0) is 36.5 Å². The molecule has 0 unspecified atom stereocenters. The molecule has 146 valence electrons. The Labute approximate surface area is 168 Å².